The molecule has 0 bridgehead atoms. The minimum absolute atomic E-state index is 0.232. The maximum Gasteiger partial charge on any atom is 0.337 e. The van der Waals surface area contributed by atoms with E-state index in [-0.39, 0.29) is 5.91 Å². The number of carbonyl (C=O) groups is 2. The molecule has 0 spiro atoms. The summed E-state index contributed by atoms with van der Waals surface area (Å²) in [5, 5.41) is 2.80. The average Bonchev–Trinajstić information content (AvgIpc) is 2.59. The molecule has 0 saturated heterocycles. The van der Waals surface area contributed by atoms with Crippen LogP contribution in [0, 0.1) is 6.92 Å². The number of ether oxygens (including phenoxy) is 2. The zero-order valence-electron chi connectivity index (χ0n) is 14.0. The molecule has 0 saturated carbocycles. The molecule has 0 heterocycles. The van der Waals surface area contributed by atoms with Crippen molar-refractivity contribution in [2.24, 2.45) is 0 Å². The van der Waals surface area contributed by atoms with Gasteiger partial charge in [-0.25, -0.2) is 4.79 Å². The molecular formula is C19H21NO4. The van der Waals surface area contributed by atoms with Crippen LogP contribution in [0.5, 0.6) is 5.75 Å². The number of aryl methyl sites for hydroxylation is 1. The topological polar surface area (TPSA) is 64.6 Å². The number of amides is 1. The van der Waals surface area contributed by atoms with E-state index in [0.717, 1.165) is 5.56 Å². The van der Waals surface area contributed by atoms with Crippen molar-refractivity contribution in [3.05, 3.63) is 59.7 Å². The minimum Gasteiger partial charge on any atom is -0.481 e. The van der Waals surface area contributed by atoms with Crippen LogP contribution in [0.3, 0.4) is 0 Å². The summed E-state index contributed by atoms with van der Waals surface area (Å²) in [5.74, 6) is 0.0185. The molecule has 1 atom stereocenters. The van der Waals surface area contributed by atoms with Gasteiger partial charge in [-0.1, -0.05) is 19.1 Å². The summed E-state index contributed by atoms with van der Waals surface area (Å²) in [6.45, 7) is 3.86. The van der Waals surface area contributed by atoms with Gasteiger partial charge in [0.05, 0.1) is 12.7 Å². The van der Waals surface area contributed by atoms with Gasteiger partial charge in [-0.15, -0.1) is 0 Å². The molecule has 1 unspecified atom stereocenters. The molecule has 2 aromatic carbocycles. The molecule has 0 aliphatic carbocycles. The first-order chi connectivity index (χ1) is 11.5. The Balaban J connectivity index is 2.02. The van der Waals surface area contributed by atoms with Crippen molar-refractivity contribution < 1.29 is 19.1 Å². The van der Waals surface area contributed by atoms with Crippen LogP contribution in [-0.4, -0.2) is 25.1 Å². The molecular weight excluding hydrogens is 306 g/mol. The first-order valence-electron chi connectivity index (χ1n) is 7.76. The Hall–Kier alpha value is -2.82. The van der Waals surface area contributed by atoms with E-state index < -0.39 is 12.1 Å². The fourth-order valence-electron chi connectivity index (χ4n) is 2.21. The van der Waals surface area contributed by atoms with E-state index in [2.05, 4.69) is 10.1 Å². The Labute approximate surface area is 141 Å². The number of benzene rings is 2. The molecule has 5 nitrogen and oxygen atoms in total. The van der Waals surface area contributed by atoms with Crippen LogP contribution in [0.4, 0.5) is 5.69 Å². The molecule has 1 amide bonds. The highest BCUT2D eigenvalue weighted by atomic mass is 16.5. The van der Waals surface area contributed by atoms with E-state index in [4.69, 9.17) is 4.74 Å². The number of anilines is 1. The molecule has 2 aromatic rings. The van der Waals surface area contributed by atoms with Crippen LogP contribution in [-0.2, 0) is 9.53 Å². The first-order valence-corrected chi connectivity index (χ1v) is 7.76. The molecule has 5 heteroatoms. The Bertz CT molecular complexity index is 710. The van der Waals surface area contributed by atoms with E-state index in [1.165, 1.54) is 7.11 Å². The number of esters is 1. The van der Waals surface area contributed by atoms with E-state index in [1.807, 2.05) is 38.1 Å². The Morgan fingerprint density at radius 3 is 2.42 bits per heavy atom. The van der Waals surface area contributed by atoms with Crippen molar-refractivity contribution in [2.75, 3.05) is 12.4 Å². The summed E-state index contributed by atoms with van der Waals surface area (Å²) >= 11 is 0. The third-order valence-electron chi connectivity index (χ3n) is 3.50. The second-order valence-electron chi connectivity index (χ2n) is 5.39. The van der Waals surface area contributed by atoms with Gasteiger partial charge in [0.15, 0.2) is 6.10 Å². The van der Waals surface area contributed by atoms with Gasteiger partial charge in [0.1, 0.15) is 5.75 Å². The second kappa shape index (κ2) is 8.15. The number of carbonyl (C=O) groups excluding carboxylic acids is 2. The summed E-state index contributed by atoms with van der Waals surface area (Å²) < 4.78 is 10.4. The Morgan fingerprint density at radius 1 is 1.12 bits per heavy atom. The maximum absolute atomic E-state index is 12.4. The van der Waals surface area contributed by atoms with Gasteiger partial charge in [-0.2, -0.15) is 0 Å². The van der Waals surface area contributed by atoms with Crippen molar-refractivity contribution in [3.63, 3.8) is 0 Å². The summed E-state index contributed by atoms with van der Waals surface area (Å²) in [6.07, 6.45) is -0.0490. The second-order valence-corrected chi connectivity index (χ2v) is 5.39. The highest BCUT2D eigenvalue weighted by molar-refractivity contribution is 5.95. The van der Waals surface area contributed by atoms with Crippen LogP contribution in [0.15, 0.2) is 48.5 Å². The summed E-state index contributed by atoms with van der Waals surface area (Å²) in [5.41, 5.74) is 2.10. The Morgan fingerprint density at radius 2 is 1.83 bits per heavy atom. The fourth-order valence-corrected chi connectivity index (χ4v) is 2.21. The summed E-state index contributed by atoms with van der Waals surface area (Å²) in [7, 11) is 1.33. The molecule has 0 aliphatic rings. The quantitative estimate of drug-likeness (QED) is 0.824. The predicted octanol–water partition coefficient (Wildman–Crippen LogP) is 3.58. The first kappa shape index (κ1) is 17.5. The highest BCUT2D eigenvalue weighted by Gasteiger charge is 2.18. The Kier molecular flexibility index (Phi) is 5.95. The lowest BCUT2D eigenvalue weighted by molar-refractivity contribution is -0.122. The van der Waals surface area contributed by atoms with Gasteiger partial charge in [0.2, 0.25) is 0 Å². The van der Waals surface area contributed by atoms with Crippen molar-refractivity contribution in [3.8, 4) is 5.75 Å². The van der Waals surface area contributed by atoms with Crippen LogP contribution < -0.4 is 10.1 Å². The molecule has 24 heavy (non-hydrogen) atoms. The van der Waals surface area contributed by atoms with Gasteiger partial charge < -0.3 is 14.8 Å². The molecule has 126 valence electrons. The van der Waals surface area contributed by atoms with Crippen LogP contribution in [0.25, 0.3) is 0 Å². The molecule has 1 N–H and O–H groups in total. The number of nitrogens with one attached hydrogen (secondary N) is 1. The van der Waals surface area contributed by atoms with E-state index in [0.29, 0.717) is 23.4 Å². The number of methoxy groups -OCH3 is 1. The number of hydrogen-bond donors (Lipinski definition) is 1. The maximum atomic E-state index is 12.4. The van der Waals surface area contributed by atoms with Crippen molar-refractivity contribution >= 4 is 17.6 Å². The highest BCUT2D eigenvalue weighted by Crippen LogP contribution is 2.17. The molecule has 0 radical (unpaired) electrons. The lowest BCUT2D eigenvalue weighted by Crippen LogP contribution is -2.32. The smallest absolute Gasteiger partial charge is 0.337 e. The SMILES string of the molecule is CCC(Oc1cccc(C)c1)C(=O)Nc1ccc(C(=O)OC)cc1. The monoisotopic (exact) mass is 327 g/mol. The van der Waals surface area contributed by atoms with Crippen LogP contribution >= 0.6 is 0 Å². The molecule has 2 rings (SSSR count). The van der Waals surface area contributed by atoms with Crippen LogP contribution in [0.1, 0.15) is 29.3 Å². The molecule has 0 fully saturated rings. The molecule has 0 aromatic heterocycles. The third kappa shape index (κ3) is 4.59. The lowest BCUT2D eigenvalue weighted by Gasteiger charge is -2.17. The van der Waals surface area contributed by atoms with Gasteiger partial charge in [0.25, 0.3) is 5.91 Å². The predicted molar refractivity (Wildman–Crippen MR) is 92.3 cm³/mol. The van der Waals surface area contributed by atoms with E-state index in [1.54, 1.807) is 24.3 Å². The largest absolute Gasteiger partial charge is 0.481 e. The zero-order chi connectivity index (χ0) is 17.5. The van der Waals surface area contributed by atoms with Crippen molar-refractivity contribution in [1.82, 2.24) is 0 Å². The van der Waals surface area contributed by atoms with Gasteiger partial charge in [0, 0.05) is 5.69 Å². The normalized spacial score (nSPS) is 11.5. The minimum atomic E-state index is -0.591. The van der Waals surface area contributed by atoms with Gasteiger partial charge in [-0.3, -0.25) is 4.79 Å². The third-order valence-corrected chi connectivity index (χ3v) is 3.50. The zero-order valence-corrected chi connectivity index (χ0v) is 14.0. The fraction of sp³-hybridized carbons (Fsp3) is 0.263. The van der Waals surface area contributed by atoms with Gasteiger partial charge >= 0.3 is 5.97 Å². The van der Waals surface area contributed by atoms with Crippen molar-refractivity contribution in [1.29, 1.82) is 0 Å². The van der Waals surface area contributed by atoms with Crippen LogP contribution in [0.2, 0.25) is 0 Å². The van der Waals surface area contributed by atoms with E-state index in [9.17, 15) is 9.59 Å². The lowest BCUT2D eigenvalue weighted by atomic mass is 10.2. The van der Waals surface area contributed by atoms with Gasteiger partial charge in [-0.05, 0) is 55.3 Å². The summed E-state index contributed by atoms with van der Waals surface area (Å²) in [6, 6.07) is 14.1. The average molecular weight is 327 g/mol. The number of hydrogen-bond acceptors (Lipinski definition) is 4. The molecule has 0 aliphatic heterocycles. The number of rotatable bonds is 6. The summed E-state index contributed by atoms with van der Waals surface area (Å²) in [4.78, 5) is 23.8. The van der Waals surface area contributed by atoms with E-state index >= 15 is 0 Å². The standard InChI is InChI=1S/C19H21NO4/c1-4-17(24-16-7-5-6-13(2)12-16)18(21)20-15-10-8-14(9-11-15)19(22)23-3/h5-12,17H,4H2,1-3H3,(H,20,21). The van der Waals surface area contributed by atoms with Crippen molar-refractivity contribution in [2.45, 2.75) is 26.4 Å².